The lowest BCUT2D eigenvalue weighted by Gasteiger charge is -2.54. The summed E-state index contributed by atoms with van der Waals surface area (Å²) >= 11 is 0. The van der Waals surface area contributed by atoms with E-state index in [0.29, 0.717) is 0 Å². The second-order valence-corrected chi connectivity index (χ2v) is 8.34. The Kier molecular flexibility index (Phi) is 4.86. The van der Waals surface area contributed by atoms with E-state index in [1.54, 1.807) is 6.20 Å². The van der Waals surface area contributed by atoms with E-state index in [-0.39, 0.29) is 12.0 Å². The molecule has 3 fully saturated rings. The van der Waals surface area contributed by atoms with Crippen LogP contribution in [-0.4, -0.2) is 39.1 Å². The number of terminal acetylenes is 1. The van der Waals surface area contributed by atoms with Crippen molar-refractivity contribution in [1.29, 1.82) is 0 Å². The predicted molar refractivity (Wildman–Crippen MR) is 118 cm³/mol. The maximum absolute atomic E-state index is 12.1. The third-order valence-corrected chi connectivity index (χ3v) is 6.71. The van der Waals surface area contributed by atoms with Crippen LogP contribution in [0.5, 0.6) is 0 Å². The van der Waals surface area contributed by atoms with Crippen LogP contribution in [0.25, 0.3) is 11.3 Å². The first kappa shape index (κ1) is 19.0. The van der Waals surface area contributed by atoms with Crippen LogP contribution in [0.1, 0.15) is 29.5 Å². The van der Waals surface area contributed by atoms with Crippen molar-refractivity contribution >= 4 is 0 Å². The van der Waals surface area contributed by atoms with Crippen LogP contribution in [0.15, 0.2) is 67.1 Å². The maximum Gasteiger partial charge on any atom is 0.121 e. The summed E-state index contributed by atoms with van der Waals surface area (Å²) in [5.74, 6) is 3.06. The van der Waals surface area contributed by atoms with Crippen molar-refractivity contribution in [2.45, 2.75) is 30.9 Å². The van der Waals surface area contributed by atoms with E-state index < -0.39 is 5.60 Å². The second-order valence-electron chi connectivity index (χ2n) is 8.34. The first-order chi connectivity index (χ1) is 14.7. The Balaban J connectivity index is 1.65. The van der Waals surface area contributed by atoms with Crippen molar-refractivity contribution in [2.24, 2.45) is 5.92 Å². The standard InChI is InChI=1S/C26H25N3O/c1-2-25-26(30,22-10-13-29(25)14-11-22)23-18-28-24(20-9-6-12-27-17-20)16-21(23)15-19-7-4-3-5-8-19/h1,3-9,12,16-18,22,25,30H,10-11,13-15H2. The molecule has 1 N–H and O–H groups in total. The zero-order valence-corrected chi connectivity index (χ0v) is 16.9. The van der Waals surface area contributed by atoms with Crippen molar-refractivity contribution in [3.63, 3.8) is 0 Å². The van der Waals surface area contributed by atoms with Crippen LogP contribution in [-0.2, 0) is 12.0 Å². The van der Waals surface area contributed by atoms with Gasteiger partial charge < -0.3 is 5.11 Å². The van der Waals surface area contributed by atoms with Crippen LogP contribution >= 0.6 is 0 Å². The number of aromatic nitrogens is 2. The largest absolute Gasteiger partial charge is 0.382 e. The summed E-state index contributed by atoms with van der Waals surface area (Å²) in [6, 6.07) is 16.1. The fourth-order valence-corrected chi connectivity index (χ4v) is 5.19. The fourth-order valence-electron chi connectivity index (χ4n) is 5.19. The number of hydrogen-bond donors (Lipinski definition) is 1. The molecule has 0 aliphatic carbocycles. The van der Waals surface area contributed by atoms with E-state index in [0.717, 1.165) is 54.7 Å². The maximum atomic E-state index is 12.1. The number of hydrogen-bond acceptors (Lipinski definition) is 4. The highest BCUT2D eigenvalue weighted by molar-refractivity contribution is 5.60. The van der Waals surface area contributed by atoms with Gasteiger partial charge in [-0.05, 0) is 67.6 Å². The molecule has 2 unspecified atom stereocenters. The van der Waals surface area contributed by atoms with Crippen LogP contribution in [0.3, 0.4) is 0 Å². The smallest absolute Gasteiger partial charge is 0.121 e. The number of nitrogens with zero attached hydrogens (tertiary/aromatic N) is 3. The normalized spacial score (nSPS) is 27.5. The molecule has 0 amide bonds. The molecule has 6 rings (SSSR count). The molecule has 0 spiro atoms. The van der Waals surface area contributed by atoms with Crippen LogP contribution < -0.4 is 0 Å². The molecule has 2 aromatic heterocycles. The summed E-state index contributed by atoms with van der Waals surface area (Å²) in [7, 11) is 0. The Morgan fingerprint density at radius 3 is 2.60 bits per heavy atom. The summed E-state index contributed by atoms with van der Waals surface area (Å²) in [4.78, 5) is 11.2. The van der Waals surface area contributed by atoms with Crippen LogP contribution in [0.2, 0.25) is 0 Å². The number of benzene rings is 1. The minimum Gasteiger partial charge on any atom is -0.382 e. The minimum absolute atomic E-state index is 0.157. The third-order valence-electron chi connectivity index (χ3n) is 6.71. The quantitative estimate of drug-likeness (QED) is 0.685. The van der Waals surface area contributed by atoms with E-state index in [1.165, 1.54) is 5.56 Å². The van der Waals surface area contributed by atoms with Crippen LogP contribution in [0, 0.1) is 18.3 Å². The molecule has 5 heterocycles. The molecule has 2 atom stereocenters. The van der Waals surface area contributed by atoms with Crippen LogP contribution in [0.4, 0.5) is 0 Å². The highest BCUT2D eigenvalue weighted by atomic mass is 16.3. The molecule has 1 aromatic carbocycles. The van der Waals surface area contributed by atoms with E-state index in [2.05, 4.69) is 34.0 Å². The number of rotatable bonds is 4. The zero-order chi connectivity index (χ0) is 20.6. The van der Waals surface area contributed by atoms with Gasteiger partial charge in [-0.15, -0.1) is 6.42 Å². The first-order valence-corrected chi connectivity index (χ1v) is 10.6. The highest BCUT2D eigenvalue weighted by Gasteiger charge is 2.54. The van der Waals surface area contributed by atoms with Gasteiger partial charge in [-0.25, -0.2) is 0 Å². The molecule has 0 saturated carbocycles. The lowest BCUT2D eigenvalue weighted by Crippen LogP contribution is -2.63. The number of pyridine rings is 2. The molecule has 150 valence electrons. The van der Waals surface area contributed by atoms with Crippen molar-refractivity contribution in [3.05, 3.63) is 83.8 Å². The van der Waals surface area contributed by atoms with Gasteiger partial charge in [0.15, 0.2) is 0 Å². The van der Waals surface area contributed by atoms with E-state index in [9.17, 15) is 5.11 Å². The van der Waals surface area contributed by atoms with Gasteiger partial charge in [0.2, 0.25) is 0 Å². The molecular weight excluding hydrogens is 370 g/mol. The summed E-state index contributed by atoms with van der Waals surface area (Å²) in [6.07, 6.45) is 14.0. The van der Waals surface area contributed by atoms with E-state index >= 15 is 0 Å². The minimum atomic E-state index is -1.07. The van der Waals surface area contributed by atoms with Gasteiger partial charge >= 0.3 is 0 Å². The summed E-state index contributed by atoms with van der Waals surface area (Å²) in [5.41, 5.74) is 3.90. The number of piperidine rings is 3. The number of aliphatic hydroxyl groups is 1. The van der Waals surface area contributed by atoms with Crippen molar-refractivity contribution in [2.75, 3.05) is 13.1 Å². The Hall–Kier alpha value is -3.00. The van der Waals surface area contributed by atoms with Gasteiger partial charge in [-0.2, -0.15) is 0 Å². The zero-order valence-electron chi connectivity index (χ0n) is 16.9. The third kappa shape index (κ3) is 3.11. The molecule has 4 heteroatoms. The molecule has 3 aromatic rings. The molecule has 2 bridgehead atoms. The molecule has 3 aliphatic rings. The Bertz CT molecular complexity index is 1070. The SMILES string of the molecule is C#CC1N2CCC(CC2)C1(O)c1cnc(-c2cccnc2)cc1Cc1ccccc1. The number of fused-ring (bicyclic) bond motifs is 3. The first-order valence-electron chi connectivity index (χ1n) is 10.6. The van der Waals surface area contributed by atoms with Gasteiger partial charge in [0.1, 0.15) is 11.6 Å². The van der Waals surface area contributed by atoms with Gasteiger partial charge in [0, 0.05) is 29.7 Å². The second kappa shape index (κ2) is 7.68. The van der Waals surface area contributed by atoms with Gasteiger partial charge in [-0.3, -0.25) is 14.9 Å². The van der Waals surface area contributed by atoms with E-state index in [4.69, 9.17) is 11.4 Å². The Morgan fingerprint density at radius 2 is 1.90 bits per heavy atom. The highest BCUT2D eigenvalue weighted by Crippen LogP contribution is 2.48. The molecule has 30 heavy (non-hydrogen) atoms. The molecular formula is C26H25N3O. The van der Waals surface area contributed by atoms with Crippen molar-refractivity contribution in [3.8, 4) is 23.6 Å². The lowest BCUT2D eigenvalue weighted by molar-refractivity contribution is -0.143. The monoisotopic (exact) mass is 395 g/mol. The average molecular weight is 396 g/mol. The van der Waals surface area contributed by atoms with Crippen molar-refractivity contribution < 1.29 is 5.11 Å². The summed E-state index contributed by atoms with van der Waals surface area (Å²) in [5, 5.41) is 12.1. The lowest BCUT2D eigenvalue weighted by atomic mass is 9.66. The van der Waals surface area contributed by atoms with Gasteiger partial charge in [0.05, 0.1) is 5.69 Å². The topological polar surface area (TPSA) is 49.2 Å². The molecule has 0 radical (unpaired) electrons. The molecule has 3 saturated heterocycles. The summed E-state index contributed by atoms with van der Waals surface area (Å²) < 4.78 is 0. The van der Waals surface area contributed by atoms with E-state index in [1.807, 2.05) is 42.7 Å². The van der Waals surface area contributed by atoms with Crippen molar-refractivity contribution in [1.82, 2.24) is 14.9 Å². The summed E-state index contributed by atoms with van der Waals surface area (Å²) in [6.45, 7) is 1.91. The fraction of sp³-hybridized carbons (Fsp3) is 0.308. The molecule has 4 nitrogen and oxygen atoms in total. The molecule has 3 aliphatic heterocycles. The van der Waals surface area contributed by atoms with Gasteiger partial charge in [-0.1, -0.05) is 36.3 Å². The average Bonchev–Trinajstić information content (AvgIpc) is 2.81. The Labute approximate surface area is 177 Å². The predicted octanol–water partition coefficient (Wildman–Crippen LogP) is 3.65. The van der Waals surface area contributed by atoms with Gasteiger partial charge in [0.25, 0.3) is 0 Å². The Morgan fingerprint density at radius 1 is 1.10 bits per heavy atom.